The van der Waals surface area contributed by atoms with Crippen LogP contribution in [-0.2, 0) is 9.30 Å². The van der Waals surface area contributed by atoms with Crippen LogP contribution in [-0.4, -0.2) is 95.2 Å². The highest BCUT2D eigenvalue weighted by Gasteiger charge is 2.28. The Balaban J connectivity index is 0.000000177. The number of nitrogens with two attached hydrogens (primary N) is 2. The molecule has 5 heterocycles. The van der Waals surface area contributed by atoms with E-state index in [2.05, 4.69) is 102 Å². The van der Waals surface area contributed by atoms with E-state index in [0.29, 0.717) is 37.4 Å². The second kappa shape index (κ2) is 36.0. The Kier molecular flexibility index (Phi) is 28.1. The van der Waals surface area contributed by atoms with Crippen molar-refractivity contribution < 1.29 is 33.1 Å². The largest absolute Gasteiger partial charge is 0.497 e. The lowest BCUT2D eigenvalue weighted by Gasteiger charge is -2.19. The Bertz CT molecular complexity index is 4460. The van der Waals surface area contributed by atoms with Gasteiger partial charge in [0.1, 0.15) is 17.2 Å². The molecule has 0 amide bonds. The van der Waals surface area contributed by atoms with Crippen LogP contribution in [0.1, 0.15) is 20.7 Å². The molecule has 12 aromatic rings. The van der Waals surface area contributed by atoms with Gasteiger partial charge in [0.25, 0.3) is 11.1 Å². The van der Waals surface area contributed by atoms with Gasteiger partial charge in [-0.1, -0.05) is 132 Å². The van der Waals surface area contributed by atoms with E-state index in [4.69, 9.17) is 49.0 Å². The molecule has 93 heavy (non-hydrogen) atoms. The van der Waals surface area contributed by atoms with E-state index in [1.807, 2.05) is 170 Å². The van der Waals surface area contributed by atoms with Gasteiger partial charge in [-0.15, -0.1) is 25.5 Å². The van der Waals surface area contributed by atoms with Gasteiger partial charge in [0, 0.05) is 70.5 Å². The number of ether oxygens (including phenoxy) is 4. The van der Waals surface area contributed by atoms with Gasteiger partial charge in [-0.3, -0.25) is 36.0 Å². The van der Waals surface area contributed by atoms with E-state index in [9.17, 15) is 23.7 Å². The van der Waals surface area contributed by atoms with Crippen LogP contribution < -0.4 is 52.1 Å². The van der Waals surface area contributed by atoms with Crippen LogP contribution in [0.4, 0.5) is 28.7 Å². The Morgan fingerprint density at radius 3 is 1.17 bits per heavy atom. The first-order valence-corrected chi connectivity index (χ1v) is 32.6. The van der Waals surface area contributed by atoms with Crippen molar-refractivity contribution in [2.75, 3.05) is 57.6 Å². The monoisotopic (exact) mass is 1390 g/mol. The normalized spacial score (nSPS) is 10.7. The van der Waals surface area contributed by atoms with Crippen molar-refractivity contribution in [2.24, 2.45) is 11.7 Å². The predicted molar refractivity (Wildman–Crippen MR) is 373 cm³/mol. The molecule has 0 spiro atoms. The molecule has 1 aliphatic rings. The minimum atomic E-state index is -3.22. The third-order valence-electron chi connectivity index (χ3n) is 13.0. The average molecular weight is 1400 g/mol. The highest BCUT2D eigenvalue weighted by Crippen LogP contribution is 2.61. The standard InChI is InChI=1S/C16H14ClN3O.C16H15N3O.C8H4Cl2N2.C8H6N2O2.C8H11NO.C8H4O3.Cl3OP.H4N2/c1-20(11-7-9-12(21-2)10-8-11)16-14-6-4-3-5-13(14)15(17)18-19-16;1-19(13-7-9-14(20-2)10-8-13)16-15-6-4-3-5-12(15)11-17-18-16;9-7-5-3-1-2-4-6(5)8(10)12-11-7;11-7-5-3-1-2-4-6(5)8(12)10-9-7;1-9-7-3-5-8(10-2)6-4-7;9-7-5-3-1-2-4-6(5)8(10)11-7;1-5(2,3)4;1-2/h3-10H,1-2H3;3-11H,1-2H3;1-4H;1-4H,(H,9,11)(H,10,12);3-6,9H,1-2H3;1-4H;;1-2H2. The minimum absolute atomic E-state index is 0.273. The average Bonchev–Trinajstić information content (AvgIpc) is 2.22. The lowest BCUT2D eigenvalue weighted by molar-refractivity contribution is 0.0443. The lowest BCUT2D eigenvalue weighted by atomic mass is 10.1. The molecule has 29 heteroatoms. The summed E-state index contributed by atoms with van der Waals surface area (Å²) in [6.07, 6.45) is 1.78. The van der Waals surface area contributed by atoms with Crippen molar-refractivity contribution >= 4 is 157 Å². The first-order valence-electron chi connectivity index (χ1n) is 27.1. The first-order chi connectivity index (χ1) is 44.7. The minimum Gasteiger partial charge on any atom is -0.497 e. The molecule has 7 N–H and O–H groups in total. The predicted octanol–water partition coefficient (Wildman–Crippen LogP) is 15.0. The molecule has 0 atom stereocenters. The fourth-order valence-corrected chi connectivity index (χ4v) is 8.99. The van der Waals surface area contributed by atoms with E-state index in [-0.39, 0.29) is 11.1 Å². The maximum atomic E-state index is 11.1. The summed E-state index contributed by atoms with van der Waals surface area (Å²) in [5.74, 6) is 11.0. The molecule has 4 aromatic heterocycles. The summed E-state index contributed by atoms with van der Waals surface area (Å²) in [5, 5.41) is 36.0. The van der Waals surface area contributed by atoms with E-state index < -0.39 is 17.1 Å². The molecule has 0 radical (unpaired) electrons. The summed E-state index contributed by atoms with van der Waals surface area (Å²) in [4.78, 5) is 47.9. The quantitative estimate of drug-likeness (QED) is 0.0310. The van der Waals surface area contributed by atoms with E-state index in [1.165, 1.54) is 0 Å². The van der Waals surface area contributed by atoms with Crippen molar-refractivity contribution in [3.63, 3.8) is 0 Å². The van der Waals surface area contributed by atoms with Crippen LogP contribution >= 0.6 is 73.7 Å². The Morgan fingerprint density at radius 2 is 0.774 bits per heavy atom. The van der Waals surface area contributed by atoms with Gasteiger partial charge in [-0.25, -0.2) is 9.59 Å². The van der Waals surface area contributed by atoms with Gasteiger partial charge in [-0.2, -0.15) is 5.10 Å². The van der Waals surface area contributed by atoms with Crippen molar-refractivity contribution in [3.05, 3.63) is 248 Å². The fourth-order valence-electron chi connectivity index (χ4n) is 8.38. The molecule has 0 unspecified atom stereocenters. The number of methoxy groups -OCH3 is 3. The molecule has 480 valence electrons. The number of cyclic esters (lactones) is 2. The number of aromatic amines is 2. The van der Waals surface area contributed by atoms with Crippen LogP contribution in [0.25, 0.3) is 43.1 Å². The second-order valence-corrected chi connectivity index (χ2v) is 26.2. The van der Waals surface area contributed by atoms with Crippen LogP contribution in [0, 0.1) is 0 Å². The molecule has 0 bridgehead atoms. The number of rotatable bonds is 8. The van der Waals surface area contributed by atoms with Gasteiger partial charge < -0.3 is 34.1 Å². The van der Waals surface area contributed by atoms with Gasteiger partial charge >= 0.3 is 17.1 Å². The van der Waals surface area contributed by atoms with Gasteiger partial charge in [0.2, 0.25) is 0 Å². The number of benzene rings is 8. The zero-order valence-electron chi connectivity index (χ0n) is 50.2. The van der Waals surface area contributed by atoms with Crippen LogP contribution in [0.15, 0.2) is 210 Å². The Morgan fingerprint density at radius 1 is 0.452 bits per heavy atom. The molecule has 0 saturated carbocycles. The Labute approximate surface area is 561 Å². The number of nitrogens with zero attached hydrogens (tertiary/aromatic N) is 8. The van der Waals surface area contributed by atoms with E-state index >= 15 is 0 Å². The summed E-state index contributed by atoms with van der Waals surface area (Å²) in [7, 11) is 10.8. The number of carbonyl (C=O) groups excluding carboxylic acids is 2. The fraction of sp³-hybridized carbons (Fsp3) is 0.0938. The third-order valence-corrected chi connectivity index (χ3v) is 13.8. The van der Waals surface area contributed by atoms with Crippen molar-refractivity contribution in [3.8, 4) is 17.2 Å². The SMILES string of the molecule is CNc1ccc(OC)cc1.COc1ccc(N(C)c2nnc(Cl)c3ccccc23)cc1.COc1ccc(N(C)c2nncc3ccccc23)cc1.Clc1nnc(Cl)c2ccccc12.NN.O=C1OC(=O)c2ccccc21.O=P(Cl)(Cl)Cl.O=c1[nH][nH]c(=O)c2ccccc12. The number of H-pyrrole nitrogens is 2. The van der Waals surface area contributed by atoms with Gasteiger partial charge in [0.15, 0.2) is 27.1 Å². The van der Waals surface area contributed by atoms with Crippen molar-refractivity contribution in [2.45, 2.75) is 0 Å². The van der Waals surface area contributed by atoms with Crippen LogP contribution in [0.2, 0.25) is 15.5 Å². The number of nitrogens with one attached hydrogen (secondary N) is 3. The summed E-state index contributed by atoms with van der Waals surface area (Å²) >= 11 is 31.6. The number of hydrogen-bond donors (Lipinski definition) is 5. The zero-order valence-corrected chi connectivity index (χ0v) is 55.6. The number of carbonyl (C=O) groups is 2. The molecule has 0 saturated heterocycles. The molecule has 1 aliphatic heterocycles. The zero-order chi connectivity index (χ0) is 67.6. The molecule has 0 aliphatic carbocycles. The third kappa shape index (κ3) is 20.8. The highest BCUT2D eigenvalue weighted by atomic mass is 36.0. The molecule has 22 nitrogen and oxygen atoms in total. The van der Waals surface area contributed by atoms with Gasteiger partial charge in [0.05, 0.1) is 49.4 Å². The highest BCUT2D eigenvalue weighted by molar-refractivity contribution is 8.24. The number of aromatic nitrogens is 8. The summed E-state index contributed by atoms with van der Waals surface area (Å²) < 4.78 is 29.2. The Hall–Kier alpha value is -9.45. The molecule has 13 rings (SSSR count). The number of hydrogen-bond acceptors (Lipinski definition) is 20. The van der Waals surface area contributed by atoms with Crippen molar-refractivity contribution in [1.29, 1.82) is 0 Å². The maximum Gasteiger partial charge on any atom is 0.346 e. The topological polar surface area (TPSA) is 302 Å². The molecular weight excluding hydrogens is 1340 g/mol. The van der Waals surface area contributed by atoms with Crippen LogP contribution in [0.3, 0.4) is 0 Å². The van der Waals surface area contributed by atoms with Gasteiger partial charge in [-0.05, 0) is 131 Å². The first kappa shape index (κ1) is 72.6. The number of hydrazine groups is 1. The molecular formula is C64H58Cl6N13O9P. The summed E-state index contributed by atoms with van der Waals surface area (Å²) in [5.41, 5.74) is 3.31. The molecule has 8 aromatic carbocycles. The number of halogens is 6. The smallest absolute Gasteiger partial charge is 0.346 e. The van der Waals surface area contributed by atoms with E-state index in [0.717, 1.165) is 78.3 Å². The summed E-state index contributed by atoms with van der Waals surface area (Å²) in [6.45, 7) is 0. The summed E-state index contributed by atoms with van der Waals surface area (Å²) in [6, 6.07) is 60.1. The lowest BCUT2D eigenvalue weighted by Crippen LogP contribution is -2.18. The number of anilines is 5. The van der Waals surface area contributed by atoms with Crippen LogP contribution in [0.5, 0.6) is 17.2 Å². The molecule has 0 fully saturated rings. The van der Waals surface area contributed by atoms with Crippen molar-refractivity contribution in [1.82, 2.24) is 40.8 Å². The number of fused-ring (bicyclic) bond motifs is 5. The van der Waals surface area contributed by atoms with E-state index in [1.54, 1.807) is 76.1 Å². The maximum absolute atomic E-state index is 11.1. The second-order valence-electron chi connectivity index (χ2n) is 18.5. The number of esters is 2.